The number of halogens is 1. The van der Waals surface area contributed by atoms with E-state index < -0.39 is 10.0 Å². The molecule has 2 unspecified atom stereocenters. The molecule has 114 valence electrons. The van der Waals surface area contributed by atoms with Crippen LogP contribution in [0, 0.1) is 0 Å². The lowest BCUT2D eigenvalue weighted by Crippen LogP contribution is -2.47. The van der Waals surface area contributed by atoms with E-state index in [1.165, 1.54) is 0 Å². The van der Waals surface area contributed by atoms with Gasteiger partial charge in [-0.05, 0) is 38.3 Å². The van der Waals surface area contributed by atoms with Gasteiger partial charge in [0.05, 0.1) is 5.75 Å². The maximum Gasteiger partial charge on any atom is 0.212 e. The van der Waals surface area contributed by atoms with Crippen LogP contribution in [0.25, 0.3) is 0 Å². The summed E-state index contributed by atoms with van der Waals surface area (Å²) in [7, 11) is -3.18. The predicted molar refractivity (Wildman–Crippen MR) is 84.8 cm³/mol. The Bertz CT molecular complexity index is 493. The maximum absolute atomic E-state index is 12.0. The lowest BCUT2D eigenvalue weighted by molar-refractivity contribution is 0.361. The van der Waals surface area contributed by atoms with Crippen molar-refractivity contribution in [1.29, 1.82) is 0 Å². The van der Waals surface area contributed by atoms with Crippen LogP contribution in [0.2, 0.25) is 0 Å². The molecule has 2 rings (SSSR count). The molecule has 2 N–H and O–H groups in total. The van der Waals surface area contributed by atoms with Crippen LogP contribution in [-0.4, -0.2) is 32.8 Å². The monoisotopic (exact) mass is 318 g/mol. The number of rotatable bonds is 5. The van der Waals surface area contributed by atoms with Gasteiger partial charge in [-0.25, -0.2) is 13.1 Å². The maximum atomic E-state index is 12.0. The van der Waals surface area contributed by atoms with E-state index in [0.717, 1.165) is 24.9 Å². The second-order valence-corrected chi connectivity index (χ2v) is 7.12. The van der Waals surface area contributed by atoms with Gasteiger partial charge in [-0.3, -0.25) is 0 Å². The minimum Gasteiger partial charge on any atom is -0.314 e. The Labute approximate surface area is 127 Å². The minimum absolute atomic E-state index is 0. The van der Waals surface area contributed by atoms with E-state index in [1.54, 1.807) is 0 Å². The topological polar surface area (TPSA) is 58.2 Å². The molecular weight excluding hydrogens is 296 g/mol. The van der Waals surface area contributed by atoms with Gasteiger partial charge in [0.2, 0.25) is 10.0 Å². The van der Waals surface area contributed by atoms with E-state index in [2.05, 4.69) is 17.0 Å². The number of benzene rings is 1. The molecule has 4 nitrogen and oxygen atoms in total. The Balaban J connectivity index is 0.00000200. The van der Waals surface area contributed by atoms with Crippen LogP contribution in [0.4, 0.5) is 0 Å². The van der Waals surface area contributed by atoms with Crippen molar-refractivity contribution in [2.75, 3.05) is 12.3 Å². The molecule has 0 amide bonds. The first-order valence-electron chi connectivity index (χ1n) is 6.82. The average molecular weight is 319 g/mol. The third kappa shape index (κ3) is 5.79. The standard InChI is InChI=1S/C14H22N2O2S.ClH/c1-12-11-14(7-9-15-12)16-19(17,18)10-8-13-5-3-2-4-6-13;/h2-6,12,14-16H,7-11H2,1H3;1H. The zero-order valence-corrected chi connectivity index (χ0v) is 13.3. The molecule has 1 aromatic carbocycles. The highest BCUT2D eigenvalue weighted by molar-refractivity contribution is 7.89. The molecule has 0 saturated carbocycles. The Morgan fingerprint density at radius 1 is 1.30 bits per heavy atom. The molecule has 0 bridgehead atoms. The summed E-state index contributed by atoms with van der Waals surface area (Å²) in [6, 6.07) is 10.2. The van der Waals surface area contributed by atoms with Gasteiger partial charge in [-0.2, -0.15) is 0 Å². The third-order valence-corrected chi connectivity index (χ3v) is 4.91. The van der Waals surface area contributed by atoms with Crippen LogP contribution in [0.1, 0.15) is 25.3 Å². The van der Waals surface area contributed by atoms with Crippen LogP contribution in [0.3, 0.4) is 0 Å². The van der Waals surface area contributed by atoms with Crippen molar-refractivity contribution < 1.29 is 8.42 Å². The molecule has 2 atom stereocenters. The Kier molecular flexibility index (Phi) is 6.95. The van der Waals surface area contributed by atoms with Gasteiger partial charge in [0.15, 0.2) is 0 Å². The molecule has 1 aliphatic heterocycles. The minimum atomic E-state index is -3.18. The first-order chi connectivity index (χ1) is 9.05. The number of hydrogen-bond donors (Lipinski definition) is 2. The molecule has 1 aliphatic rings. The predicted octanol–water partition coefficient (Wildman–Crippen LogP) is 1.71. The highest BCUT2D eigenvalue weighted by Crippen LogP contribution is 2.10. The Morgan fingerprint density at radius 2 is 2.00 bits per heavy atom. The average Bonchev–Trinajstić information content (AvgIpc) is 2.37. The molecule has 0 aromatic heterocycles. The highest BCUT2D eigenvalue weighted by atomic mass is 35.5. The van der Waals surface area contributed by atoms with Crippen LogP contribution < -0.4 is 10.0 Å². The lowest BCUT2D eigenvalue weighted by atomic mass is 10.0. The summed E-state index contributed by atoms with van der Waals surface area (Å²) < 4.78 is 26.9. The van der Waals surface area contributed by atoms with Crippen LogP contribution in [0.5, 0.6) is 0 Å². The number of nitrogens with one attached hydrogen (secondary N) is 2. The fraction of sp³-hybridized carbons (Fsp3) is 0.571. The number of hydrogen-bond acceptors (Lipinski definition) is 3. The van der Waals surface area contributed by atoms with E-state index in [0.29, 0.717) is 12.5 Å². The molecule has 0 spiro atoms. The second kappa shape index (κ2) is 7.98. The van der Waals surface area contributed by atoms with Crippen LogP contribution in [0.15, 0.2) is 30.3 Å². The SMILES string of the molecule is CC1CC(NS(=O)(=O)CCc2ccccc2)CCN1.Cl. The molecule has 1 heterocycles. The zero-order valence-electron chi connectivity index (χ0n) is 11.7. The second-order valence-electron chi connectivity index (χ2n) is 5.25. The lowest BCUT2D eigenvalue weighted by Gasteiger charge is -2.28. The van der Waals surface area contributed by atoms with E-state index in [4.69, 9.17) is 0 Å². The van der Waals surface area contributed by atoms with Gasteiger partial charge >= 0.3 is 0 Å². The number of aryl methyl sites for hydroxylation is 1. The van der Waals surface area contributed by atoms with Gasteiger partial charge in [0, 0.05) is 12.1 Å². The van der Waals surface area contributed by atoms with Crippen molar-refractivity contribution >= 4 is 22.4 Å². The number of piperidine rings is 1. The number of sulfonamides is 1. The van der Waals surface area contributed by atoms with Crippen molar-refractivity contribution in [3.63, 3.8) is 0 Å². The fourth-order valence-electron chi connectivity index (χ4n) is 2.45. The smallest absolute Gasteiger partial charge is 0.212 e. The fourth-order valence-corrected chi connectivity index (χ4v) is 3.79. The summed E-state index contributed by atoms with van der Waals surface area (Å²) in [5.41, 5.74) is 1.06. The molecule has 1 aromatic rings. The molecule has 1 saturated heterocycles. The summed E-state index contributed by atoms with van der Waals surface area (Å²) in [5, 5.41) is 3.32. The van der Waals surface area contributed by atoms with Crippen LogP contribution in [-0.2, 0) is 16.4 Å². The van der Waals surface area contributed by atoms with E-state index >= 15 is 0 Å². The van der Waals surface area contributed by atoms with Gasteiger partial charge in [-0.15, -0.1) is 12.4 Å². The van der Waals surface area contributed by atoms with Gasteiger partial charge in [0.25, 0.3) is 0 Å². The summed E-state index contributed by atoms with van der Waals surface area (Å²) in [6.07, 6.45) is 2.30. The molecule has 0 radical (unpaired) electrons. The first kappa shape index (κ1) is 17.4. The van der Waals surface area contributed by atoms with Crippen molar-refractivity contribution in [2.24, 2.45) is 0 Å². The molecule has 20 heavy (non-hydrogen) atoms. The summed E-state index contributed by atoms with van der Waals surface area (Å²) in [5.74, 6) is 0.162. The van der Waals surface area contributed by atoms with Gasteiger partial charge < -0.3 is 5.32 Å². The summed E-state index contributed by atoms with van der Waals surface area (Å²) in [4.78, 5) is 0. The molecule has 6 heteroatoms. The third-order valence-electron chi connectivity index (χ3n) is 3.47. The summed E-state index contributed by atoms with van der Waals surface area (Å²) in [6.45, 7) is 2.97. The van der Waals surface area contributed by atoms with Gasteiger partial charge in [-0.1, -0.05) is 30.3 Å². The molecule has 1 fully saturated rings. The molecular formula is C14H23ClN2O2S. The van der Waals surface area contributed by atoms with Crippen molar-refractivity contribution in [3.8, 4) is 0 Å². The van der Waals surface area contributed by atoms with Crippen molar-refractivity contribution in [1.82, 2.24) is 10.0 Å². The van der Waals surface area contributed by atoms with E-state index in [9.17, 15) is 8.42 Å². The Hall–Kier alpha value is -0.620. The quantitative estimate of drug-likeness (QED) is 0.869. The normalized spacial score (nSPS) is 23.1. The Morgan fingerprint density at radius 3 is 2.65 bits per heavy atom. The van der Waals surface area contributed by atoms with E-state index in [1.807, 2.05) is 30.3 Å². The molecule has 0 aliphatic carbocycles. The first-order valence-corrected chi connectivity index (χ1v) is 8.48. The zero-order chi connectivity index (χ0) is 13.7. The van der Waals surface area contributed by atoms with Crippen LogP contribution >= 0.6 is 12.4 Å². The largest absolute Gasteiger partial charge is 0.314 e. The van der Waals surface area contributed by atoms with E-state index in [-0.39, 0.29) is 24.2 Å². The summed E-state index contributed by atoms with van der Waals surface area (Å²) >= 11 is 0. The van der Waals surface area contributed by atoms with Gasteiger partial charge in [0.1, 0.15) is 0 Å². The highest BCUT2D eigenvalue weighted by Gasteiger charge is 2.22. The van der Waals surface area contributed by atoms with Crippen molar-refractivity contribution in [3.05, 3.63) is 35.9 Å². The van der Waals surface area contributed by atoms with Crippen molar-refractivity contribution in [2.45, 2.75) is 38.3 Å².